The number of nitrogen functional groups attached to an aromatic ring is 2. The van der Waals surface area contributed by atoms with Crippen LogP contribution in [0, 0.1) is 5.92 Å². The lowest BCUT2D eigenvalue weighted by Crippen LogP contribution is -2.39. The van der Waals surface area contributed by atoms with Gasteiger partial charge in [-0.15, -0.1) is 0 Å². The van der Waals surface area contributed by atoms with Crippen LogP contribution in [0.1, 0.15) is 13.8 Å². The fraction of sp³-hybridized carbons (Fsp3) is 0.444. The normalized spacial score (nSPS) is 12.4. The standard InChI is InChI=1S/C9H16N6O/c1-4(2)7(8(11)16)14-6-3-5(10)13-9(12)15-6/h3-4,7H,1-2H3,(H2,11,16)(H5,10,12,13,14,15). The number of aromatic nitrogens is 2. The van der Waals surface area contributed by atoms with Gasteiger partial charge in [-0.1, -0.05) is 13.8 Å². The molecular weight excluding hydrogens is 208 g/mol. The topological polar surface area (TPSA) is 133 Å². The van der Waals surface area contributed by atoms with Crippen LogP contribution in [-0.2, 0) is 4.79 Å². The van der Waals surface area contributed by atoms with E-state index in [4.69, 9.17) is 17.2 Å². The summed E-state index contributed by atoms with van der Waals surface area (Å²) < 4.78 is 0. The average molecular weight is 224 g/mol. The molecule has 0 aliphatic rings. The zero-order valence-corrected chi connectivity index (χ0v) is 9.27. The molecule has 1 aromatic rings. The fourth-order valence-electron chi connectivity index (χ4n) is 1.28. The van der Waals surface area contributed by atoms with Crippen molar-refractivity contribution in [2.75, 3.05) is 16.8 Å². The molecule has 88 valence electrons. The minimum atomic E-state index is -0.520. The van der Waals surface area contributed by atoms with E-state index in [0.717, 1.165) is 0 Å². The van der Waals surface area contributed by atoms with Crippen molar-refractivity contribution in [2.45, 2.75) is 19.9 Å². The molecule has 7 N–H and O–H groups in total. The first-order valence-electron chi connectivity index (χ1n) is 4.86. The Morgan fingerprint density at radius 3 is 2.44 bits per heavy atom. The molecule has 0 aliphatic heterocycles. The Hall–Kier alpha value is -2.05. The molecule has 16 heavy (non-hydrogen) atoms. The molecule has 1 aromatic heterocycles. The number of hydrogen-bond donors (Lipinski definition) is 4. The zero-order valence-electron chi connectivity index (χ0n) is 9.27. The van der Waals surface area contributed by atoms with Gasteiger partial charge in [0.1, 0.15) is 17.7 Å². The zero-order chi connectivity index (χ0) is 12.3. The van der Waals surface area contributed by atoms with Gasteiger partial charge in [0.2, 0.25) is 11.9 Å². The molecule has 7 nitrogen and oxygen atoms in total. The highest BCUT2D eigenvalue weighted by Crippen LogP contribution is 2.13. The van der Waals surface area contributed by atoms with Gasteiger partial charge in [-0.3, -0.25) is 4.79 Å². The highest BCUT2D eigenvalue weighted by molar-refractivity contribution is 5.83. The summed E-state index contributed by atoms with van der Waals surface area (Å²) in [7, 11) is 0. The SMILES string of the molecule is CC(C)C(Nc1cc(N)nc(N)n1)C(N)=O. The van der Waals surface area contributed by atoms with E-state index in [9.17, 15) is 4.79 Å². The molecule has 0 radical (unpaired) electrons. The molecule has 7 heteroatoms. The van der Waals surface area contributed by atoms with Crippen molar-refractivity contribution in [3.8, 4) is 0 Å². The first-order chi connectivity index (χ1) is 7.40. The Kier molecular flexibility index (Phi) is 3.49. The van der Waals surface area contributed by atoms with E-state index in [1.54, 1.807) is 0 Å². The maximum absolute atomic E-state index is 11.2. The lowest BCUT2D eigenvalue weighted by molar-refractivity contribution is -0.119. The second-order valence-electron chi connectivity index (χ2n) is 3.80. The molecule has 0 fully saturated rings. The van der Waals surface area contributed by atoms with Gasteiger partial charge < -0.3 is 22.5 Å². The molecule has 0 bridgehead atoms. The minimum Gasteiger partial charge on any atom is -0.383 e. The molecule has 1 rings (SSSR count). The molecule has 0 saturated carbocycles. The van der Waals surface area contributed by atoms with E-state index in [-0.39, 0.29) is 17.7 Å². The van der Waals surface area contributed by atoms with Crippen LogP contribution in [0.4, 0.5) is 17.6 Å². The number of anilines is 3. The Bertz CT molecular complexity index is 371. The lowest BCUT2D eigenvalue weighted by atomic mass is 10.0. The molecule has 1 amide bonds. The van der Waals surface area contributed by atoms with Crippen LogP contribution in [0.3, 0.4) is 0 Å². The average Bonchev–Trinajstić information content (AvgIpc) is 2.11. The minimum absolute atomic E-state index is 0.0370. The van der Waals surface area contributed by atoms with Crippen molar-refractivity contribution in [1.29, 1.82) is 0 Å². The van der Waals surface area contributed by atoms with Gasteiger partial charge in [-0.2, -0.15) is 9.97 Å². The Morgan fingerprint density at radius 1 is 1.38 bits per heavy atom. The molecule has 1 atom stereocenters. The van der Waals surface area contributed by atoms with E-state index in [2.05, 4.69) is 15.3 Å². The van der Waals surface area contributed by atoms with Crippen molar-refractivity contribution in [3.05, 3.63) is 6.07 Å². The monoisotopic (exact) mass is 224 g/mol. The summed E-state index contributed by atoms with van der Waals surface area (Å²) in [4.78, 5) is 18.8. The lowest BCUT2D eigenvalue weighted by Gasteiger charge is -2.19. The number of hydrogen-bond acceptors (Lipinski definition) is 6. The summed E-state index contributed by atoms with van der Waals surface area (Å²) >= 11 is 0. The third-order valence-electron chi connectivity index (χ3n) is 2.04. The highest BCUT2D eigenvalue weighted by Gasteiger charge is 2.19. The Balaban J connectivity index is 2.89. The first-order valence-corrected chi connectivity index (χ1v) is 4.86. The summed E-state index contributed by atoms with van der Waals surface area (Å²) in [5, 5.41) is 2.87. The molecule has 0 aliphatic carbocycles. The Labute approximate surface area is 93.4 Å². The third kappa shape index (κ3) is 2.97. The van der Waals surface area contributed by atoms with Gasteiger partial charge in [0.05, 0.1) is 0 Å². The number of carbonyl (C=O) groups excluding carboxylic acids is 1. The smallest absolute Gasteiger partial charge is 0.240 e. The van der Waals surface area contributed by atoms with Gasteiger partial charge in [-0.25, -0.2) is 0 Å². The van der Waals surface area contributed by atoms with E-state index in [1.165, 1.54) is 6.07 Å². The van der Waals surface area contributed by atoms with E-state index >= 15 is 0 Å². The molecule has 0 saturated heterocycles. The largest absolute Gasteiger partial charge is 0.383 e. The van der Waals surface area contributed by atoms with Gasteiger partial charge in [0, 0.05) is 6.07 Å². The number of amides is 1. The van der Waals surface area contributed by atoms with Crippen LogP contribution in [0.15, 0.2) is 6.07 Å². The van der Waals surface area contributed by atoms with Gasteiger partial charge in [0.15, 0.2) is 0 Å². The van der Waals surface area contributed by atoms with Crippen molar-refractivity contribution >= 4 is 23.5 Å². The maximum Gasteiger partial charge on any atom is 0.240 e. The molecule has 0 spiro atoms. The highest BCUT2D eigenvalue weighted by atomic mass is 16.1. The van der Waals surface area contributed by atoms with Crippen LogP contribution in [-0.4, -0.2) is 21.9 Å². The van der Waals surface area contributed by atoms with Crippen LogP contribution in [0.5, 0.6) is 0 Å². The third-order valence-corrected chi connectivity index (χ3v) is 2.04. The second kappa shape index (κ2) is 4.65. The van der Waals surface area contributed by atoms with E-state index in [1.807, 2.05) is 13.8 Å². The molecular formula is C9H16N6O. The molecule has 1 unspecified atom stereocenters. The van der Waals surface area contributed by atoms with Crippen LogP contribution in [0.25, 0.3) is 0 Å². The van der Waals surface area contributed by atoms with Crippen LogP contribution in [0.2, 0.25) is 0 Å². The van der Waals surface area contributed by atoms with Crippen molar-refractivity contribution in [1.82, 2.24) is 9.97 Å². The van der Waals surface area contributed by atoms with Crippen LogP contribution < -0.4 is 22.5 Å². The van der Waals surface area contributed by atoms with Crippen molar-refractivity contribution in [2.24, 2.45) is 11.7 Å². The molecule has 1 heterocycles. The van der Waals surface area contributed by atoms with Crippen LogP contribution >= 0.6 is 0 Å². The predicted octanol–water partition coefficient (Wildman–Crippen LogP) is -0.437. The second-order valence-corrected chi connectivity index (χ2v) is 3.80. The number of primary amides is 1. The summed E-state index contributed by atoms with van der Waals surface area (Å²) in [6.45, 7) is 3.74. The number of carbonyl (C=O) groups is 1. The summed E-state index contributed by atoms with van der Waals surface area (Å²) in [6, 6.07) is 0.975. The van der Waals surface area contributed by atoms with Crippen molar-refractivity contribution in [3.63, 3.8) is 0 Å². The van der Waals surface area contributed by atoms with Gasteiger partial charge in [-0.05, 0) is 5.92 Å². The predicted molar refractivity (Wildman–Crippen MR) is 62.3 cm³/mol. The Morgan fingerprint density at radius 2 is 2.00 bits per heavy atom. The summed E-state index contributed by atoms with van der Waals surface area (Å²) in [5.74, 6) is 0.264. The number of nitrogens with two attached hydrogens (primary N) is 3. The summed E-state index contributed by atoms with van der Waals surface area (Å²) in [5.41, 5.74) is 16.2. The first kappa shape index (κ1) is 12.0. The van der Waals surface area contributed by atoms with Gasteiger partial charge >= 0.3 is 0 Å². The maximum atomic E-state index is 11.2. The quantitative estimate of drug-likeness (QED) is 0.548. The number of nitrogens with one attached hydrogen (secondary N) is 1. The van der Waals surface area contributed by atoms with Crippen molar-refractivity contribution < 1.29 is 4.79 Å². The van der Waals surface area contributed by atoms with E-state index < -0.39 is 11.9 Å². The molecule has 0 aromatic carbocycles. The fourth-order valence-corrected chi connectivity index (χ4v) is 1.28. The summed E-state index contributed by atoms with van der Waals surface area (Å²) in [6.07, 6.45) is 0. The number of rotatable bonds is 4. The van der Waals surface area contributed by atoms with Gasteiger partial charge in [0.25, 0.3) is 0 Å². The van der Waals surface area contributed by atoms with E-state index in [0.29, 0.717) is 5.82 Å². The number of nitrogens with zero attached hydrogens (tertiary/aromatic N) is 2.